The van der Waals surface area contributed by atoms with Gasteiger partial charge in [-0.1, -0.05) is 60.6 Å². The monoisotopic (exact) mass is 719 g/mol. The lowest BCUT2D eigenvalue weighted by Gasteiger charge is -2.46. The van der Waals surface area contributed by atoms with Crippen LogP contribution in [0.25, 0.3) is 0 Å². The summed E-state index contributed by atoms with van der Waals surface area (Å²) in [7, 11) is -2.09. The maximum Gasteiger partial charge on any atom is 0.192 e. The molecule has 1 fully saturated rings. The Kier molecular flexibility index (Phi) is 8.58. The molecular weight excluding hydrogens is 665 g/mol. The van der Waals surface area contributed by atoms with Crippen molar-refractivity contribution >= 4 is 30.9 Å². The molecule has 2 atom stereocenters. The van der Waals surface area contributed by atoms with Crippen LogP contribution in [0.3, 0.4) is 0 Å². The van der Waals surface area contributed by atoms with Crippen LogP contribution in [0.5, 0.6) is 5.75 Å². The van der Waals surface area contributed by atoms with Crippen molar-refractivity contribution in [3.05, 3.63) is 57.9 Å². The van der Waals surface area contributed by atoms with Gasteiger partial charge >= 0.3 is 0 Å². The van der Waals surface area contributed by atoms with Crippen molar-refractivity contribution in [2.45, 2.75) is 140 Å². The van der Waals surface area contributed by atoms with Gasteiger partial charge in [-0.05, 0) is 103 Å². The average molecular weight is 720 g/mol. The zero-order chi connectivity index (χ0) is 31.8. The van der Waals surface area contributed by atoms with Gasteiger partial charge in [0.05, 0.1) is 11.8 Å². The second-order valence-corrected chi connectivity index (χ2v) is 23.0. The summed E-state index contributed by atoms with van der Waals surface area (Å²) in [6.45, 7) is 28.7. The summed E-state index contributed by atoms with van der Waals surface area (Å²) >= 11 is 2.59. The minimum Gasteiger partial charge on any atom is -0.488 e. The number of pyridine rings is 1. The van der Waals surface area contributed by atoms with E-state index in [-0.39, 0.29) is 28.1 Å². The number of rotatable bonds is 5. The SMILES string of the molecule is CC(C)c1nc2c(c3c1[C@](I)(c1ccc(OC(C)(C)C)cc1)OC31CCOCC1)[C@@H](O[Si](C)(C)C(C)(C)C)CC(C)(C)C2. The first-order valence-corrected chi connectivity index (χ1v) is 20.2. The fourth-order valence-electron chi connectivity index (χ4n) is 6.85. The standard InChI is InChI=1S/C36H54INO4Si/c1-23(2)31-30-29(28-26(38-31)21-34(9,10)22-27(28)41-43(11,12)33(6,7)8)35(17-19-39-20-18-35)42-36(30,37)24-13-15-25(16-14-24)40-32(3,4)5/h13-16,23,27H,17-22H2,1-12H3/t27-,36-/m0/s1. The number of fused-ring (bicyclic) bond motifs is 4. The topological polar surface area (TPSA) is 49.8 Å². The van der Waals surface area contributed by atoms with Crippen molar-refractivity contribution in [3.8, 4) is 5.75 Å². The van der Waals surface area contributed by atoms with Gasteiger partial charge in [0.1, 0.15) is 17.0 Å². The molecule has 1 aliphatic carbocycles. The zero-order valence-electron chi connectivity index (χ0n) is 28.7. The van der Waals surface area contributed by atoms with Gasteiger partial charge in [-0.25, -0.2) is 0 Å². The largest absolute Gasteiger partial charge is 0.488 e. The Morgan fingerprint density at radius 2 is 1.58 bits per heavy atom. The van der Waals surface area contributed by atoms with Crippen molar-refractivity contribution in [2.24, 2.45) is 5.41 Å². The molecule has 238 valence electrons. The van der Waals surface area contributed by atoms with Crippen LogP contribution in [-0.4, -0.2) is 32.1 Å². The molecule has 5 rings (SSSR count). The first kappa shape index (κ1) is 33.4. The van der Waals surface area contributed by atoms with Crippen molar-refractivity contribution in [3.63, 3.8) is 0 Å². The molecule has 0 saturated carbocycles. The summed E-state index contributed by atoms with van der Waals surface area (Å²) in [5, 5.41) is 0.111. The van der Waals surface area contributed by atoms with Crippen molar-refractivity contribution in [1.82, 2.24) is 4.98 Å². The zero-order valence-corrected chi connectivity index (χ0v) is 31.8. The van der Waals surface area contributed by atoms with Crippen LogP contribution in [0.15, 0.2) is 24.3 Å². The number of nitrogens with zero attached hydrogens (tertiary/aromatic N) is 1. The normalized spacial score (nSPS) is 25.1. The van der Waals surface area contributed by atoms with Crippen LogP contribution in [0.4, 0.5) is 0 Å². The number of halogens is 1. The fraction of sp³-hybridized carbons (Fsp3) is 0.694. The predicted molar refractivity (Wildman–Crippen MR) is 186 cm³/mol. The van der Waals surface area contributed by atoms with Crippen LogP contribution in [-0.2, 0) is 29.5 Å². The molecule has 1 spiro atoms. The lowest BCUT2D eigenvalue weighted by molar-refractivity contribution is -0.128. The molecule has 0 bridgehead atoms. The predicted octanol–water partition coefficient (Wildman–Crippen LogP) is 10.1. The molecule has 0 radical (unpaired) electrons. The third-order valence-electron chi connectivity index (χ3n) is 9.90. The number of hydrogen-bond donors (Lipinski definition) is 0. The molecule has 3 heterocycles. The van der Waals surface area contributed by atoms with E-state index in [2.05, 4.69) is 129 Å². The van der Waals surface area contributed by atoms with E-state index < -0.39 is 17.5 Å². The molecule has 2 aliphatic heterocycles. The van der Waals surface area contributed by atoms with Crippen molar-refractivity contribution in [1.29, 1.82) is 0 Å². The highest BCUT2D eigenvalue weighted by Crippen LogP contribution is 2.63. The van der Waals surface area contributed by atoms with E-state index >= 15 is 0 Å². The second kappa shape index (κ2) is 11.1. The summed E-state index contributed by atoms with van der Waals surface area (Å²) in [6.07, 6.45) is 3.60. The first-order chi connectivity index (χ1) is 19.7. The van der Waals surface area contributed by atoms with Gasteiger partial charge in [-0.2, -0.15) is 0 Å². The van der Waals surface area contributed by atoms with E-state index in [0.717, 1.165) is 42.7 Å². The van der Waals surface area contributed by atoms with E-state index in [9.17, 15) is 0 Å². The van der Waals surface area contributed by atoms with Gasteiger partial charge in [-0.15, -0.1) is 0 Å². The van der Waals surface area contributed by atoms with E-state index in [4.69, 9.17) is 23.6 Å². The first-order valence-electron chi connectivity index (χ1n) is 16.2. The Morgan fingerprint density at radius 1 is 0.977 bits per heavy atom. The maximum absolute atomic E-state index is 7.51. The highest BCUT2D eigenvalue weighted by atomic mass is 127. The Labute approximate surface area is 275 Å². The van der Waals surface area contributed by atoms with Crippen molar-refractivity contribution in [2.75, 3.05) is 13.2 Å². The van der Waals surface area contributed by atoms with Crippen LogP contribution in [0.2, 0.25) is 18.1 Å². The van der Waals surface area contributed by atoms with Gasteiger partial charge in [0.15, 0.2) is 11.9 Å². The fourth-order valence-corrected chi connectivity index (χ4v) is 9.44. The van der Waals surface area contributed by atoms with Gasteiger partial charge in [0.2, 0.25) is 0 Å². The molecule has 1 aromatic carbocycles. The number of alkyl halides is 1. The van der Waals surface area contributed by atoms with Gasteiger partial charge in [0, 0.05) is 48.4 Å². The maximum atomic E-state index is 7.51. The number of hydrogen-bond acceptors (Lipinski definition) is 5. The van der Waals surface area contributed by atoms with Gasteiger partial charge in [0.25, 0.3) is 0 Å². The van der Waals surface area contributed by atoms with E-state index in [1.807, 2.05) is 0 Å². The van der Waals surface area contributed by atoms with Crippen LogP contribution in [0, 0.1) is 5.41 Å². The summed E-state index contributed by atoms with van der Waals surface area (Å²) in [5.41, 5.74) is 6.82. The summed E-state index contributed by atoms with van der Waals surface area (Å²) in [4.78, 5) is 5.58. The minimum atomic E-state index is -2.09. The molecule has 3 aliphatic rings. The molecule has 7 heteroatoms. The van der Waals surface area contributed by atoms with Crippen LogP contribution in [0.1, 0.15) is 134 Å². The Balaban J connectivity index is 1.77. The number of benzene rings is 1. The van der Waals surface area contributed by atoms with Crippen molar-refractivity contribution < 1.29 is 18.6 Å². The molecule has 0 amide bonds. The summed E-state index contributed by atoms with van der Waals surface area (Å²) in [5.74, 6) is 1.12. The average Bonchev–Trinajstić information content (AvgIpc) is 3.10. The van der Waals surface area contributed by atoms with E-state index in [0.29, 0.717) is 13.2 Å². The molecule has 5 nitrogen and oxygen atoms in total. The number of aromatic nitrogens is 1. The third kappa shape index (κ3) is 6.24. The highest BCUT2D eigenvalue weighted by Gasteiger charge is 2.58. The quantitative estimate of drug-likeness (QED) is 0.175. The van der Waals surface area contributed by atoms with Crippen LogP contribution >= 0.6 is 22.6 Å². The Hall–Kier alpha value is -1.00. The smallest absolute Gasteiger partial charge is 0.192 e. The lowest BCUT2D eigenvalue weighted by atomic mass is 9.70. The molecule has 1 aromatic heterocycles. The molecule has 0 N–H and O–H groups in total. The summed E-state index contributed by atoms with van der Waals surface area (Å²) < 4.78 is 26.4. The highest BCUT2D eigenvalue weighted by molar-refractivity contribution is 14.1. The molecule has 0 unspecified atom stereocenters. The Bertz CT molecular complexity index is 1350. The third-order valence-corrected chi connectivity index (χ3v) is 15.8. The second-order valence-electron chi connectivity index (χ2n) is 16.7. The van der Waals surface area contributed by atoms with Gasteiger partial charge < -0.3 is 18.6 Å². The number of ether oxygens (including phenoxy) is 3. The lowest BCUT2D eigenvalue weighted by Crippen LogP contribution is -2.45. The molecule has 1 saturated heterocycles. The van der Waals surface area contributed by atoms with E-state index in [1.54, 1.807) is 0 Å². The Morgan fingerprint density at radius 3 is 2.12 bits per heavy atom. The van der Waals surface area contributed by atoms with Crippen LogP contribution < -0.4 is 4.74 Å². The molecule has 2 aromatic rings. The minimum absolute atomic E-state index is 0.00765. The van der Waals surface area contributed by atoms with E-state index in [1.165, 1.54) is 22.4 Å². The molecule has 43 heavy (non-hydrogen) atoms. The summed E-state index contributed by atoms with van der Waals surface area (Å²) in [6, 6.07) is 8.55. The van der Waals surface area contributed by atoms with Gasteiger partial charge in [-0.3, -0.25) is 4.98 Å². The molecular formula is C36H54INO4Si.